The molecule has 0 aromatic heterocycles. The third-order valence-electron chi connectivity index (χ3n) is 4.52. The first-order valence-corrected chi connectivity index (χ1v) is 9.37. The lowest BCUT2D eigenvalue weighted by Crippen LogP contribution is -2.46. The van der Waals surface area contributed by atoms with E-state index in [1.54, 1.807) is 13.1 Å². The van der Waals surface area contributed by atoms with E-state index in [4.69, 9.17) is 23.2 Å². The zero-order valence-electron chi connectivity index (χ0n) is 14.8. The lowest BCUT2D eigenvalue weighted by Gasteiger charge is -2.35. The predicted molar refractivity (Wildman–Crippen MR) is 104 cm³/mol. The molecular formula is C18H28Cl2N4. The van der Waals surface area contributed by atoms with Crippen LogP contribution < -0.4 is 10.6 Å². The van der Waals surface area contributed by atoms with Gasteiger partial charge in [0.15, 0.2) is 5.96 Å². The molecule has 0 spiro atoms. The van der Waals surface area contributed by atoms with Gasteiger partial charge in [-0.2, -0.15) is 0 Å². The van der Waals surface area contributed by atoms with Gasteiger partial charge in [-0.15, -0.1) is 0 Å². The maximum absolute atomic E-state index is 6.21. The van der Waals surface area contributed by atoms with Crippen LogP contribution in [0.2, 0.25) is 10.0 Å². The van der Waals surface area contributed by atoms with Crippen molar-refractivity contribution in [2.45, 2.75) is 39.3 Å². The number of nitrogens with zero attached hydrogens (tertiary/aromatic N) is 2. The quantitative estimate of drug-likeness (QED) is 0.611. The number of benzene rings is 1. The SMILES string of the molecule is CN=C(NCc1ccc(Cl)cc1Cl)NCC1CCCN(C(C)C)C1. The van der Waals surface area contributed by atoms with E-state index in [9.17, 15) is 0 Å². The lowest BCUT2D eigenvalue weighted by molar-refractivity contribution is 0.141. The Balaban J connectivity index is 1.80. The molecule has 1 aromatic carbocycles. The van der Waals surface area contributed by atoms with Crippen LogP contribution >= 0.6 is 23.2 Å². The van der Waals surface area contributed by atoms with Crippen LogP contribution in [-0.4, -0.2) is 43.6 Å². The molecule has 1 unspecified atom stereocenters. The van der Waals surface area contributed by atoms with Crippen LogP contribution in [0.3, 0.4) is 0 Å². The van der Waals surface area contributed by atoms with E-state index in [-0.39, 0.29) is 0 Å². The van der Waals surface area contributed by atoms with Gasteiger partial charge in [0.05, 0.1) is 0 Å². The van der Waals surface area contributed by atoms with Gasteiger partial charge in [0, 0.05) is 42.8 Å². The number of rotatable bonds is 5. The molecule has 0 radical (unpaired) electrons. The van der Waals surface area contributed by atoms with Crippen LogP contribution in [0.1, 0.15) is 32.3 Å². The van der Waals surface area contributed by atoms with Crippen molar-refractivity contribution in [3.05, 3.63) is 33.8 Å². The van der Waals surface area contributed by atoms with Crippen molar-refractivity contribution >= 4 is 29.2 Å². The second-order valence-electron chi connectivity index (χ2n) is 6.64. The van der Waals surface area contributed by atoms with E-state index in [2.05, 4.69) is 34.4 Å². The monoisotopic (exact) mass is 370 g/mol. The van der Waals surface area contributed by atoms with Crippen LogP contribution in [-0.2, 0) is 6.54 Å². The minimum absolute atomic E-state index is 0.622. The van der Waals surface area contributed by atoms with E-state index >= 15 is 0 Å². The first-order valence-electron chi connectivity index (χ1n) is 8.62. The second kappa shape index (κ2) is 9.50. The van der Waals surface area contributed by atoms with Crippen molar-refractivity contribution in [2.75, 3.05) is 26.7 Å². The minimum atomic E-state index is 0.622. The molecule has 0 amide bonds. The molecule has 24 heavy (non-hydrogen) atoms. The Hall–Kier alpha value is -0.970. The Bertz CT molecular complexity index is 560. The van der Waals surface area contributed by atoms with Gasteiger partial charge >= 0.3 is 0 Å². The molecule has 2 N–H and O–H groups in total. The first-order chi connectivity index (χ1) is 11.5. The van der Waals surface area contributed by atoms with Gasteiger partial charge in [0.1, 0.15) is 0 Å². The van der Waals surface area contributed by atoms with Gasteiger partial charge in [-0.3, -0.25) is 4.99 Å². The highest BCUT2D eigenvalue weighted by Gasteiger charge is 2.21. The Kier molecular flexibility index (Phi) is 7.66. The lowest BCUT2D eigenvalue weighted by atomic mass is 9.97. The normalized spacial score (nSPS) is 19.6. The molecule has 1 aromatic rings. The molecule has 134 valence electrons. The molecule has 4 nitrogen and oxygen atoms in total. The Morgan fingerprint density at radius 1 is 1.33 bits per heavy atom. The summed E-state index contributed by atoms with van der Waals surface area (Å²) in [4.78, 5) is 6.86. The standard InChI is InChI=1S/C18H28Cl2N4/c1-13(2)24-8-4-5-14(12-24)10-22-18(21-3)23-11-15-6-7-16(19)9-17(15)20/h6-7,9,13-14H,4-5,8,10-12H2,1-3H3,(H2,21,22,23). The zero-order valence-corrected chi connectivity index (χ0v) is 16.3. The molecule has 1 aliphatic heterocycles. The van der Waals surface area contributed by atoms with Gasteiger partial charge in [0.2, 0.25) is 0 Å². The molecular weight excluding hydrogens is 343 g/mol. The molecule has 6 heteroatoms. The second-order valence-corrected chi connectivity index (χ2v) is 7.48. The molecule has 1 aliphatic rings. The molecule has 1 heterocycles. The Morgan fingerprint density at radius 3 is 2.79 bits per heavy atom. The highest BCUT2D eigenvalue weighted by molar-refractivity contribution is 6.35. The van der Waals surface area contributed by atoms with Gasteiger partial charge < -0.3 is 15.5 Å². The summed E-state index contributed by atoms with van der Waals surface area (Å²) >= 11 is 12.1. The summed E-state index contributed by atoms with van der Waals surface area (Å²) in [5, 5.41) is 8.08. The van der Waals surface area contributed by atoms with Crippen molar-refractivity contribution < 1.29 is 0 Å². The van der Waals surface area contributed by atoms with E-state index in [0.717, 1.165) is 24.6 Å². The van der Waals surface area contributed by atoms with Crippen LogP contribution in [0.25, 0.3) is 0 Å². The molecule has 0 bridgehead atoms. The number of hydrogen-bond donors (Lipinski definition) is 2. The summed E-state index contributed by atoms with van der Waals surface area (Å²) in [6.45, 7) is 8.48. The van der Waals surface area contributed by atoms with Crippen molar-refractivity contribution in [1.29, 1.82) is 0 Å². The fourth-order valence-corrected chi connectivity index (χ4v) is 3.51. The molecule has 0 aliphatic carbocycles. The summed E-state index contributed by atoms with van der Waals surface area (Å²) in [6, 6.07) is 6.17. The summed E-state index contributed by atoms with van der Waals surface area (Å²) in [6.07, 6.45) is 2.55. The number of halogens is 2. The number of likely N-dealkylation sites (tertiary alicyclic amines) is 1. The van der Waals surface area contributed by atoms with Crippen molar-refractivity contribution in [2.24, 2.45) is 10.9 Å². The van der Waals surface area contributed by atoms with E-state index < -0.39 is 0 Å². The third-order valence-corrected chi connectivity index (χ3v) is 5.11. The Morgan fingerprint density at radius 2 is 2.12 bits per heavy atom. The number of hydrogen-bond acceptors (Lipinski definition) is 2. The average Bonchev–Trinajstić information content (AvgIpc) is 2.56. The van der Waals surface area contributed by atoms with Gasteiger partial charge in [0.25, 0.3) is 0 Å². The van der Waals surface area contributed by atoms with Crippen molar-refractivity contribution in [3.8, 4) is 0 Å². The topological polar surface area (TPSA) is 39.7 Å². The summed E-state index contributed by atoms with van der Waals surface area (Å²) in [7, 11) is 1.79. The number of piperidine rings is 1. The highest BCUT2D eigenvalue weighted by atomic mass is 35.5. The van der Waals surface area contributed by atoms with Crippen LogP contribution in [0, 0.1) is 5.92 Å². The van der Waals surface area contributed by atoms with Gasteiger partial charge in [-0.1, -0.05) is 29.3 Å². The van der Waals surface area contributed by atoms with Crippen molar-refractivity contribution in [1.82, 2.24) is 15.5 Å². The predicted octanol–water partition coefficient (Wildman–Crippen LogP) is 3.78. The smallest absolute Gasteiger partial charge is 0.191 e. The highest BCUT2D eigenvalue weighted by Crippen LogP contribution is 2.21. The van der Waals surface area contributed by atoms with Gasteiger partial charge in [-0.25, -0.2) is 0 Å². The van der Waals surface area contributed by atoms with Gasteiger partial charge in [-0.05, 0) is 56.8 Å². The summed E-state index contributed by atoms with van der Waals surface area (Å²) in [5.74, 6) is 1.47. The largest absolute Gasteiger partial charge is 0.356 e. The minimum Gasteiger partial charge on any atom is -0.356 e. The molecule has 1 saturated heterocycles. The third kappa shape index (κ3) is 5.83. The maximum atomic E-state index is 6.21. The van der Waals surface area contributed by atoms with E-state index in [0.29, 0.717) is 28.5 Å². The molecule has 0 saturated carbocycles. The zero-order chi connectivity index (χ0) is 17.5. The van der Waals surface area contributed by atoms with Crippen LogP contribution in [0.5, 0.6) is 0 Å². The average molecular weight is 371 g/mol. The van der Waals surface area contributed by atoms with Crippen LogP contribution in [0.15, 0.2) is 23.2 Å². The number of nitrogens with one attached hydrogen (secondary N) is 2. The number of aliphatic imine (C=N–C) groups is 1. The summed E-state index contributed by atoms with van der Waals surface area (Å²) < 4.78 is 0. The maximum Gasteiger partial charge on any atom is 0.191 e. The summed E-state index contributed by atoms with van der Waals surface area (Å²) in [5.41, 5.74) is 1.01. The fourth-order valence-electron chi connectivity index (χ4n) is 3.04. The van der Waals surface area contributed by atoms with E-state index in [1.165, 1.54) is 19.4 Å². The fraction of sp³-hybridized carbons (Fsp3) is 0.611. The number of guanidine groups is 1. The van der Waals surface area contributed by atoms with Crippen LogP contribution in [0.4, 0.5) is 0 Å². The molecule has 1 fully saturated rings. The van der Waals surface area contributed by atoms with Crippen molar-refractivity contribution in [3.63, 3.8) is 0 Å². The molecule has 2 rings (SSSR count). The van der Waals surface area contributed by atoms with E-state index in [1.807, 2.05) is 12.1 Å². The first kappa shape index (κ1) is 19.4. The molecule has 1 atom stereocenters. The Labute approximate surface area is 155 Å².